The van der Waals surface area contributed by atoms with E-state index in [9.17, 15) is 129 Å². The predicted octanol–water partition coefficient (Wildman–Crippen LogP) is -7.48. The highest BCUT2D eigenvalue weighted by Crippen LogP contribution is 2.31. The average molecular weight is 1510 g/mol. The molecular formula is C66H89N12O29+. The molecule has 107 heavy (non-hydrogen) atoms. The zero-order valence-electron chi connectivity index (χ0n) is 57.7. The van der Waals surface area contributed by atoms with Crippen molar-refractivity contribution >= 4 is 88.4 Å². The van der Waals surface area contributed by atoms with Crippen LogP contribution in [-0.2, 0) is 84.6 Å². The fraction of sp³-hybridized carbons (Fsp3) is 0.530. The van der Waals surface area contributed by atoms with Gasteiger partial charge in [0, 0.05) is 38.3 Å². The number of ether oxygens (including phenoxy) is 3. The van der Waals surface area contributed by atoms with Crippen molar-refractivity contribution in [2.45, 2.75) is 194 Å². The van der Waals surface area contributed by atoms with Gasteiger partial charge in [0.15, 0.2) is 18.3 Å². The summed E-state index contributed by atoms with van der Waals surface area (Å²) in [5, 5.41) is 144. The normalized spacial score (nSPS) is 23.2. The van der Waals surface area contributed by atoms with Crippen molar-refractivity contribution in [2.75, 3.05) is 19.8 Å². The molecule has 3 aliphatic heterocycles. The Balaban J connectivity index is 1.32. The molecule has 10 amide bonds. The third kappa shape index (κ3) is 24.3. The highest BCUT2D eigenvalue weighted by Gasteiger charge is 2.51. The number of benzene rings is 3. The Morgan fingerprint density at radius 1 is 0.626 bits per heavy atom. The lowest BCUT2D eigenvalue weighted by Gasteiger charge is -2.46. The van der Waals surface area contributed by atoms with Crippen LogP contribution in [0.5, 0.6) is 5.75 Å². The first-order valence-corrected chi connectivity index (χ1v) is 33.7. The Bertz CT molecular complexity index is 3700. The lowest BCUT2D eigenvalue weighted by molar-refractivity contribution is -0.385. The Morgan fingerprint density at radius 3 is 1.80 bits per heavy atom. The quantitative estimate of drug-likeness (QED) is 0.0187. The molecule has 3 aromatic carbocycles. The summed E-state index contributed by atoms with van der Waals surface area (Å²) >= 11 is 0. The van der Waals surface area contributed by atoms with E-state index in [-0.39, 0.29) is 43.4 Å². The first kappa shape index (κ1) is 85.5. The molecule has 3 fully saturated rings. The number of carboxylic acid groups (broad SMARTS) is 3. The second-order valence-corrected chi connectivity index (χ2v) is 26.0. The van der Waals surface area contributed by atoms with Crippen molar-refractivity contribution < 1.29 is 143 Å². The number of phenols is 1. The van der Waals surface area contributed by atoms with Crippen LogP contribution in [0.15, 0.2) is 72.8 Å². The van der Waals surface area contributed by atoms with Crippen LogP contribution < -0.4 is 54.0 Å². The van der Waals surface area contributed by atoms with Crippen LogP contribution in [0.3, 0.4) is 0 Å². The topological polar surface area (TPSA) is 668 Å². The number of aromatic hydroxyl groups is 1. The minimum absolute atomic E-state index is 0.0758. The molecule has 0 aliphatic carbocycles. The lowest BCUT2D eigenvalue weighted by Crippen LogP contribution is -2.67. The SMILES string of the molecule is CC(C)C[C@H](NC(=O)[C@@H]1CCCN1C(=O)[C@H](CCC(N)=O)NC(=O)[C@H](Cc1ccccc1)NC(=O)c1ccccc1[NH3+])C(=O)N[C@@H](CC(=O)N[C@@H]1O[C@H](CO)[C@@H](O[C@@H]2O[C@H](CO)[C@H](O)[C@H](O)[C@H]2O)[C@H](O)[C@H]1O)C(=O)N[C@@H](CCC(=O)O)C(=O)N[C@@H](Cc1ccc(O)c([N+](=O)[O-])c1)C(=O)N[C@@H](CC(=O)O)C(=O)O. The number of primary amides is 1. The van der Waals surface area contributed by atoms with E-state index in [2.05, 4.69) is 43.0 Å². The number of aliphatic carboxylic acids is 3. The highest BCUT2D eigenvalue weighted by molar-refractivity contribution is 6.02. The summed E-state index contributed by atoms with van der Waals surface area (Å²) < 4.78 is 16.6. The number of nitrogens with one attached hydrogen (secondary N) is 8. The third-order valence-corrected chi connectivity index (χ3v) is 17.6. The van der Waals surface area contributed by atoms with Gasteiger partial charge in [-0.05, 0) is 67.3 Å². The van der Waals surface area contributed by atoms with Crippen molar-refractivity contribution in [1.29, 1.82) is 0 Å². The second-order valence-electron chi connectivity index (χ2n) is 26.0. The Morgan fingerprint density at radius 2 is 1.20 bits per heavy atom. The summed E-state index contributed by atoms with van der Waals surface area (Å²) in [4.78, 5) is 190. The lowest BCUT2D eigenvalue weighted by atomic mass is 9.96. The zero-order chi connectivity index (χ0) is 79.3. The van der Waals surface area contributed by atoms with Crippen molar-refractivity contribution in [2.24, 2.45) is 11.7 Å². The van der Waals surface area contributed by atoms with Gasteiger partial charge in [0.05, 0.1) is 36.5 Å². The summed E-state index contributed by atoms with van der Waals surface area (Å²) in [5.74, 6) is -18.2. The van der Waals surface area contributed by atoms with E-state index in [0.717, 1.165) is 23.1 Å². The molecule has 0 saturated carbocycles. The molecule has 3 saturated heterocycles. The molecule has 3 aromatic rings. The first-order valence-electron chi connectivity index (χ1n) is 33.7. The predicted molar refractivity (Wildman–Crippen MR) is 359 cm³/mol. The van der Waals surface area contributed by atoms with Gasteiger partial charge in [-0.1, -0.05) is 62.4 Å². The summed E-state index contributed by atoms with van der Waals surface area (Å²) in [7, 11) is 0. The van der Waals surface area contributed by atoms with E-state index in [1.54, 1.807) is 62.4 Å². The third-order valence-electron chi connectivity index (χ3n) is 17.6. The largest absolute Gasteiger partial charge is 0.502 e. The van der Waals surface area contributed by atoms with E-state index in [0.29, 0.717) is 11.3 Å². The molecule has 0 bridgehead atoms. The maximum atomic E-state index is 14.9. The van der Waals surface area contributed by atoms with Crippen LogP contribution in [0.2, 0.25) is 0 Å². The van der Waals surface area contributed by atoms with Gasteiger partial charge < -0.3 is 129 Å². The molecule has 0 aromatic heterocycles. The van der Waals surface area contributed by atoms with E-state index >= 15 is 0 Å². The number of likely N-dealkylation sites (tertiary alicyclic amines) is 1. The number of hydrogen-bond donors (Lipinski definition) is 21. The smallest absolute Gasteiger partial charge is 0.326 e. The van der Waals surface area contributed by atoms with Crippen LogP contribution in [0, 0.1) is 16.0 Å². The number of nitrogens with zero attached hydrogens (tertiary/aromatic N) is 2. The molecule has 0 spiro atoms. The molecule has 3 aliphatic rings. The van der Waals surface area contributed by atoms with Gasteiger partial charge in [0.25, 0.3) is 5.91 Å². The minimum atomic E-state index is -2.32. The molecule has 6 rings (SSSR count). The van der Waals surface area contributed by atoms with Crippen LogP contribution in [0.25, 0.3) is 0 Å². The number of carbonyl (C=O) groups is 13. The van der Waals surface area contributed by atoms with Gasteiger partial charge in [-0.15, -0.1) is 0 Å². The van der Waals surface area contributed by atoms with Gasteiger partial charge in [-0.3, -0.25) is 67.6 Å². The average Bonchev–Trinajstić information content (AvgIpc) is 1.21. The number of aliphatic hydroxyl groups is 7. The Hall–Kier alpha value is -10.5. The second kappa shape index (κ2) is 39.8. The van der Waals surface area contributed by atoms with E-state index in [4.69, 9.17) is 19.9 Å². The minimum Gasteiger partial charge on any atom is -0.502 e. The molecular weight excluding hydrogens is 1420 g/mol. The standard InChI is InChI=1S/C66H88N12O29/c1-29(2)21-36(74-62(99)41-13-8-20-77(41)64(100)35(15-18-46(68)82)70-59(96)37(22-30-9-4-3-5-10-30)71-56(93)32-11-6-7-12-33(32)67)58(95)73-39(25-47(83)76-63-53(91)52(90)55(45(28-80)105-63)107-66-54(92)51(89)50(88)44(27-79)106-66)61(98)69-34(16-19-48(84)85)57(94)72-38(60(97)75-40(65(101)102)26-49(86)87)23-31-14-17-43(81)42(24-31)78(103)104/h3-7,9-12,14,17,24,29,34-41,44-45,50-55,63,66,79-81,88-92H,8,13,15-16,18-23,25-28,67H2,1-2H3,(H2,68,82)(H,69,98)(H,70,96)(H,71,93)(H,72,94)(H,73,95)(H,74,99)(H,75,97)(H,76,83)(H,84,85)(H,86,87)(H,101,102)/p+1/t34-,35-,36-,37-,38-,39-,40-,41-,44+,45+,50-,51-,52+,53+,54+,55+,63+,66-/m0/s1. The van der Waals surface area contributed by atoms with E-state index < -0.39 is 267 Å². The fourth-order valence-electron chi connectivity index (χ4n) is 11.9. The molecule has 41 heteroatoms. The summed E-state index contributed by atoms with van der Waals surface area (Å²) in [6, 6.07) is 2.45. The van der Waals surface area contributed by atoms with E-state index in [1.165, 1.54) is 6.07 Å². The van der Waals surface area contributed by atoms with Crippen molar-refractivity contribution in [3.05, 3.63) is 99.6 Å². The van der Waals surface area contributed by atoms with E-state index in [1.807, 2.05) is 5.32 Å². The van der Waals surface area contributed by atoms with Crippen LogP contribution >= 0.6 is 0 Å². The number of hydrogen-bond acceptors (Lipinski definition) is 26. The van der Waals surface area contributed by atoms with Crippen LogP contribution in [-0.4, -0.2) is 272 Å². The number of amides is 10. The molecule has 18 atom stereocenters. The number of nitro benzene ring substituents is 1. The van der Waals surface area contributed by atoms with Gasteiger partial charge >= 0.3 is 23.6 Å². The number of carboxylic acids is 3. The van der Waals surface area contributed by atoms with Crippen LogP contribution in [0.1, 0.15) is 93.1 Å². The molecule has 0 radical (unpaired) electrons. The number of rotatable bonds is 38. The fourth-order valence-corrected chi connectivity index (χ4v) is 11.9. The molecule has 41 nitrogen and oxygen atoms in total. The summed E-state index contributed by atoms with van der Waals surface area (Å²) in [5.41, 5.74) is 9.31. The summed E-state index contributed by atoms with van der Waals surface area (Å²) in [6.07, 6.45) is -26.3. The number of aliphatic hydroxyl groups excluding tert-OH is 7. The maximum absolute atomic E-state index is 14.9. The van der Waals surface area contributed by atoms with Crippen molar-refractivity contribution in [3.8, 4) is 5.75 Å². The molecule has 586 valence electrons. The van der Waals surface area contributed by atoms with Crippen molar-refractivity contribution in [1.82, 2.24) is 47.4 Å². The van der Waals surface area contributed by atoms with Gasteiger partial charge in [-0.2, -0.15) is 0 Å². The number of nitro groups is 1. The number of nitrogens with two attached hydrogens (primary N) is 1. The van der Waals surface area contributed by atoms with Gasteiger partial charge in [0.1, 0.15) is 103 Å². The van der Waals surface area contributed by atoms with Crippen LogP contribution in [0.4, 0.5) is 11.4 Å². The van der Waals surface area contributed by atoms with Crippen molar-refractivity contribution in [3.63, 3.8) is 0 Å². The number of carbonyl (C=O) groups excluding carboxylic acids is 10. The maximum Gasteiger partial charge on any atom is 0.326 e. The number of phenolic OH excluding ortho intramolecular Hbond substituents is 1. The molecule has 24 N–H and O–H groups in total. The monoisotopic (exact) mass is 1510 g/mol. The van der Waals surface area contributed by atoms with Gasteiger partial charge in [-0.25, -0.2) is 4.79 Å². The zero-order valence-corrected chi connectivity index (χ0v) is 57.7. The first-order chi connectivity index (χ1) is 50.5. The summed E-state index contributed by atoms with van der Waals surface area (Å²) in [6.45, 7) is 1.01. The molecule has 0 unspecified atom stereocenters. The molecule has 3 heterocycles. The number of quaternary nitrogens is 1. The Kier molecular flexibility index (Phi) is 31.8. The highest BCUT2D eigenvalue weighted by atomic mass is 16.7. The van der Waals surface area contributed by atoms with Gasteiger partial charge in [0.2, 0.25) is 53.2 Å². The Labute approximate surface area is 608 Å².